The number of rotatable bonds is 6. The van der Waals surface area contributed by atoms with Crippen molar-refractivity contribution in [1.82, 2.24) is 20.3 Å². The van der Waals surface area contributed by atoms with E-state index in [1.807, 2.05) is 48.5 Å². The Kier molecular flexibility index (Phi) is 4.84. The fourth-order valence-corrected chi connectivity index (χ4v) is 3.56. The Morgan fingerprint density at radius 3 is 2.74 bits per heavy atom. The zero-order valence-electron chi connectivity index (χ0n) is 14.7. The number of hydrogen-bond acceptors (Lipinski definition) is 5. The largest absolute Gasteiger partial charge is 0.497 e. The molecule has 2 aromatic heterocycles. The van der Waals surface area contributed by atoms with Crippen LogP contribution in [0.3, 0.4) is 0 Å². The molecule has 0 saturated heterocycles. The third-order valence-corrected chi connectivity index (χ3v) is 5.05. The SMILES string of the molecule is COc1ccc(-c2nc(C(=O)NCCc3nc4ccccc4[nH]3)cs2)cc1. The van der Waals surface area contributed by atoms with Crippen LogP contribution in [0.15, 0.2) is 53.9 Å². The Morgan fingerprint density at radius 1 is 1.15 bits per heavy atom. The van der Waals surface area contributed by atoms with Crippen LogP contribution in [0.2, 0.25) is 0 Å². The highest BCUT2D eigenvalue weighted by Crippen LogP contribution is 2.25. The Bertz CT molecular complexity index is 1040. The minimum Gasteiger partial charge on any atom is -0.497 e. The number of para-hydroxylation sites is 2. The third kappa shape index (κ3) is 3.83. The lowest BCUT2D eigenvalue weighted by atomic mass is 10.2. The number of fused-ring (bicyclic) bond motifs is 1. The molecule has 1 amide bonds. The summed E-state index contributed by atoms with van der Waals surface area (Å²) in [5, 5.41) is 5.48. The number of carbonyl (C=O) groups is 1. The van der Waals surface area contributed by atoms with Gasteiger partial charge in [0.1, 0.15) is 22.3 Å². The van der Waals surface area contributed by atoms with Crippen molar-refractivity contribution in [2.45, 2.75) is 6.42 Å². The van der Waals surface area contributed by atoms with Crippen LogP contribution in [0.4, 0.5) is 0 Å². The maximum absolute atomic E-state index is 12.3. The highest BCUT2D eigenvalue weighted by Gasteiger charge is 2.12. The minimum absolute atomic E-state index is 0.179. The van der Waals surface area contributed by atoms with Crippen LogP contribution in [0.25, 0.3) is 21.6 Å². The molecular formula is C20H18N4O2S. The van der Waals surface area contributed by atoms with Crippen molar-refractivity contribution < 1.29 is 9.53 Å². The van der Waals surface area contributed by atoms with Crippen LogP contribution in [-0.2, 0) is 6.42 Å². The Labute approximate surface area is 160 Å². The molecule has 0 saturated carbocycles. The van der Waals surface area contributed by atoms with Crippen LogP contribution < -0.4 is 10.1 Å². The number of aromatic amines is 1. The number of amides is 1. The van der Waals surface area contributed by atoms with E-state index in [9.17, 15) is 4.79 Å². The molecule has 2 heterocycles. The molecule has 0 aliphatic heterocycles. The summed E-state index contributed by atoms with van der Waals surface area (Å²) >= 11 is 1.45. The Balaban J connectivity index is 1.36. The first-order valence-electron chi connectivity index (χ1n) is 8.55. The second-order valence-corrected chi connectivity index (χ2v) is 6.83. The number of nitrogens with one attached hydrogen (secondary N) is 2. The molecule has 0 aliphatic rings. The molecule has 4 aromatic rings. The molecule has 0 unspecified atom stereocenters. The van der Waals surface area contributed by atoms with Crippen LogP contribution in [0.1, 0.15) is 16.3 Å². The Morgan fingerprint density at radius 2 is 1.96 bits per heavy atom. The average molecular weight is 378 g/mol. The normalized spacial score (nSPS) is 10.9. The van der Waals surface area contributed by atoms with Gasteiger partial charge in [-0.15, -0.1) is 11.3 Å². The van der Waals surface area contributed by atoms with Gasteiger partial charge in [-0.05, 0) is 36.4 Å². The lowest BCUT2D eigenvalue weighted by Gasteiger charge is -2.02. The van der Waals surface area contributed by atoms with Gasteiger partial charge in [0.25, 0.3) is 5.91 Å². The van der Waals surface area contributed by atoms with E-state index in [-0.39, 0.29) is 5.91 Å². The predicted octanol–water partition coefficient (Wildman–Crippen LogP) is 3.67. The lowest BCUT2D eigenvalue weighted by Crippen LogP contribution is -2.26. The quantitative estimate of drug-likeness (QED) is 0.536. The van der Waals surface area contributed by atoms with Crippen molar-refractivity contribution >= 4 is 28.3 Å². The highest BCUT2D eigenvalue weighted by molar-refractivity contribution is 7.13. The van der Waals surface area contributed by atoms with Crippen LogP contribution >= 0.6 is 11.3 Å². The number of methoxy groups -OCH3 is 1. The van der Waals surface area contributed by atoms with E-state index in [1.165, 1.54) is 11.3 Å². The number of imidazole rings is 1. The van der Waals surface area contributed by atoms with E-state index in [0.29, 0.717) is 18.7 Å². The maximum atomic E-state index is 12.3. The van der Waals surface area contributed by atoms with E-state index in [4.69, 9.17) is 4.74 Å². The molecule has 0 radical (unpaired) electrons. The number of carbonyl (C=O) groups excluding carboxylic acids is 1. The van der Waals surface area contributed by atoms with Crippen molar-refractivity contribution in [2.75, 3.05) is 13.7 Å². The summed E-state index contributed by atoms with van der Waals surface area (Å²) in [5.41, 5.74) is 3.32. The monoisotopic (exact) mass is 378 g/mol. The number of ether oxygens (including phenoxy) is 1. The van der Waals surface area contributed by atoms with Gasteiger partial charge in [0.15, 0.2) is 0 Å². The number of hydrogen-bond donors (Lipinski definition) is 2. The van der Waals surface area contributed by atoms with Crippen molar-refractivity contribution in [1.29, 1.82) is 0 Å². The number of benzene rings is 2. The zero-order valence-corrected chi connectivity index (χ0v) is 15.5. The van der Waals surface area contributed by atoms with Gasteiger partial charge >= 0.3 is 0 Å². The van der Waals surface area contributed by atoms with Gasteiger partial charge in [0.2, 0.25) is 0 Å². The average Bonchev–Trinajstić information content (AvgIpc) is 3.35. The summed E-state index contributed by atoms with van der Waals surface area (Å²) < 4.78 is 5.16. The molecule has 6 nitrogen and oxygen atoms in total. The van der Waals surface area contributed by atoms with Gasteiger partial charge in [0, 0.05) is 23.9 Å². The van der Waals surface area contributed by atoms with E-state index >= 15 is 0 Å². The van der Waals surface area contributed by atoms with Crippen LogP contribution in [0.5, 0.6) is 5.75 Å². The molecular weight excluding hydrogens is 360 g/mol. The second-order valence-electron chi connectivity index (χ2n) is 5.97. The van der Waals surface area contributed by atoms with Crippen molar-refractivity contribution in [3.63, 3.8) is 0 Å². The predicted molar refractivity (Wildman–Crippen MR) is 106 cm³/mol. The Hall–Kier alpha value is -3.19. The smallest absolute Gasteiger partial charge is 0.270 e. The lowest BCUT2D eigenvalue weighted by molar-refractivity contribution is 0.0950. The first-order chi connectivity index (χ1) is 13.2. The molecule has 0 bridgehead atoms. The number of aromatic nitrogens is 3. The summed E-state index contributed by atoms with van der Waals surface area (Å²) in [5.74, 6) is 1.47. The fraction of sp³-hybridized carbons (Fsp3) is 0.150. The summed E-state index contributed by atoms with van der Waals surface area (Å²) in [6.07, 6.45) is 0.635. The number of H-pyrrole nitrogens is 1. The zero-order chi connectivity index (χ0) is 18.6. The van der Waals surface area contributed by atoms with E-state index < -0.39 is 0 Å². The number of nitrogens with zero attached hydrogens (tertiary/aromatic N) is 2. The minimum atomic E-state index is -0.179. The van der Waals surface area contributed by atoms with Crippen molar-refractivity contribution in [2.24, 2.45) is 0 Å². The molecule has 2 N–H and O–H groups in total. The topological polar surface area (TPSA) is 79.9 Å². The van der Waals surface area contributed by atoms with E-state index in [0.717, 1.165) is 33.2 Å². The maximum Gasteiger partial charge on any atom is 0.270 e. The molecule has 2 aromatic carbocycles. The fourth-order valence-electron chi connectivity index (χ4n) is 2.75. The van der Waals surface area contributed by atoms with Gasteiger partial charge in [-0.3, -0.25) is 4.79 Å². The van der Waals surface area contributed by atoms with Crippen LogP contribution in [-0.4, -0.2) is 34.5 Å². The second kappa shape index (κ2) is 7.59. The molecule has 0 aliphatic carbocycles. The third-order valence-electron chi connectivity index (χ3n) is 4.16. The van der Waals surface area contributed by atoms with Crippen molar-refractivity contribution in [3.8, 4) is 16.3 Å². The van der Waals surface area contributed by atoms with E-state index in [2.05, 4.69) is 20.3 Å². The molecule has 27 heavy (non-hydrogen) atoms. The molecule has 7 heteroatoms. The van der Waals surface area contributed by atoms with E-state index in [1.54, 1.807) is 12.5 Å². The standard InChI is InChI=1S/C20H18N4O2S/c1-26-14-8-6-13(7-9-14)20-24-17(12-27-20)19(25)21-11-10-18-22-15-4-2-3-5-16(15)23-18/h2-9,12H,10-11H2,1H3,(H,21,25)(H,22,23). The summed E-state index contributed by atoms with van der Waals surface area (Å²) in [7, 11) is 1.63. The van der Waals surface area contributed by atoms with Gasteiger partial charge in [0.05, 0.1) is 18.1 Å². The van der Waals surface area contributed by atoms with Crippen LogP contribution in [0, 0.1) is 0 Å². The molecule has 0 atom stereocenters. The summed E-state index contributed by atoms with van der Waals surface area (Å²) in [6, 6.07) is 15.5. The molecule has 4 rings (SSSR count). The summed E-state index contributed by atoms with van der Waals surface area (Å²) in [4.78, 5) is 24.5. The van der Waals surface area contributed by atoms with Gasteiger partial charge in [-0.2, -0.15) is 0 Å². The van der Waals surface area contributed by atoms with Gasteiger partial charge in [-0.25, -0.2) is 9.97 Å². The van der Waals surface area contributed by atoms with Gasteiger partial charge in [-0.1, -0.05) is 12.1 Å². The molecule has 0 spiro atoms. The van der Waals surface area contributed by atoms with Gasteiger partial charge < -0.3 is 15.0 Å². The number of thiazole rings is 1. The molecule has 136 valence electrons. The summed E-state index contributed by atoms with van der Waals surface area (Å²) in [6.45, 7) is 0.494. The highest BCUT2D eigenvalue weighted by atomic mass is 32.1. The first-order valence-corrected chi connectivity index (χ1v) is 9.42. The molecule has 0 fully saturated rings. The first kappa shape index (κ1) is 17.2. The van der Waals surface area contributed by atoms with Crippen molar-refractivity contribution in [3.05, 3.63) is 65.4 Å².